The molecule has 0 radical (unpaired) electrons. The molecule has 7 nitrogen and oxygen atoms in total. The molecule has 0 atom stereocenters. The summed E-state index contributed by atoms with van der Waals surface area (Å²) in [6.07, 6.45) is 6.42. The van der Waals surface area contributed by atoms with Crippen molar-refractivity contribution in [1.82, 2.24) is 19.4 Å². The van der Waals surface area contributed by atoms with Gasteiger partial charge in [0.15, 0.2) is 0 Å². The van der Waals surface area contributed by atoms with Gasteiger partial charge in [0.25, 0.3) is 0 Å². The van der Waals surface area contributed by atoms with E-state index in [9.17, 15) is 8.42 Å². The quantitative estimate of drug-likeness (QED) is 0.480. The third-order valence-electron chi connectivity index (χ3n) is 5.34. The second-order valence-corrected chi connectivity index (χ2v) is 10.4. The van der Waals surface area contributed by atoms with Gasteiger partial charge >= 0.3 is 0 Å². The maximum atomic E-state index is 12.9. The molecule has 2 aromatic heterocycles. The van der Waals surface area contributed by atoms with E-state index in [-0.39, 0.29) is 4.90 Å². The highest BCUT2D eigenvalue weighted by atomic mass is 32.2. The monoisotopic (exact) mass is 458 g/mol. The van der Waals surface area contributed by atoms with Crippen molar-refractivity contribution >= 4 is 21.8 Å². The number of aryl methyl sites for hydroxylation is 1. The molecule has 1 aliphatic rings. The molecule has 3 aromatic rings. The third kappa shape index (κ3) is 5.34. The lowest BCUT2D eigenvalue weighted by atomic mass is 10.1. The van der Waals surface area contributed by atoms with Gasteiger partial charge in [-0.05, 0) is 37.0 Å². The normalized spacial score (nSPS) is 15.6. The van der Waals surface area contributed by atoms with Crippen LogP contribution in [-0.4, -0.2) is 40.9 Å². The molecule has 1 aliphatic heterocycles. The van der Waals surface area contributed by atoms with Crippen molar-refractivity contribution in [3.8, 4) is 11.4 Å². The average Bonchev–Trinajstić information content (AvgIpc) is 3.10. The van der Waals surface area contributed by atoms with Crippen LogP contribution in [0.15, 0.2) is 57.0 Å². The average molecular weight is 459 g/mol. The second-order valence-electron chi connectivity index (χ2n) is 7.50. The first-order valence-electron chi connectivity index (χ1n) is 10.6. The number of aromatic nitrogens is 3. The summed E-state index contributed by atoms with van der Waals surface area (Å²) in [4.78, 5) is 9.02. The summed E-state index contributed by atoms with van der Waals surface area (Å²) in [5, 5.41) is 4.77. The smallest absolute Gasteiger partial charge is 0.244 e. The molecule has 0 unspecified atom stereocenters. The number of hydrogen-bond donors (Lipinski definition) is 0. The van der Waals surface area contributed by atoms with Crippen LogP contribution in [0.4, 0.5) is 0 Å². The minimum atomic E-state index is -3.48. The number of benzene rings is 1. The molecule has 1 fully saturated rings. The Balaban J connectivity index is 1.38. The van der Waals surface area contributed by atoms with Gasteiger partial charge in [0.2, 0.25) is 21.7 Å². The van der Waals surface area contributed by atoms with Gasteiger partial charge in [-0.3, -0.25) is 0 Å². The summed E-state index contributed by atoms with van der Waals surface area (Å²) in [6.45, 7) is 3.28. The zero-order chi connectivity index (χ0) is 21.7. The Labute approximate surface area is 187 Å². The first-order valence-corrected chi connectivity index (χ1v) is 13.0. The third-order valence-corrected chi connectivity index (χ3v) is 8.15. The maximum absolute atomic E-state index is 12.9. The summed E-state index contributed by atoms with van der Waals surface area (Å²) >= 11 is 1.43. The number of pyridine rings is 1. The predicted molar refractivity (Wildman–Crippen MR) is 120 cm³/mol. The van der Waals surface area contributed by atoms with Crippen LogP contribution < -0.4 is 0 Å². The topological polar surface area (TPSA) is 89.2 Å². The van der Waals surface area contributed by atoms with E-state index in [0.717, 1.165) is 37.7 Å². The summed E-state index contributed by atoms with van der Waals surface area (Å²) in [5.74, 6) is 1.53. The number of sulfonamides is 1. The fraction of sp³-hybridized carbons (Fsp3) is 0.409. The lowest BCUT2D eigenvalue weighted by molar-refractivity contribution is 0.391. The molecule has 0 bridgehead atoms. The lowest BCUT2D eigenvalue weighted by Crippen LogP contribution is -2.32. The van der Waals surface area contributed by atoms with E-state index in [1.165, 1.54) is 23.5 Å². The molecule has 0 amide bonds. The molecule has 0 aliphatic carbocycles. The van der Waals surface area contributed by atoms with Gasteiger partial charge < -0.3 is 4.52 Å². The van der Waals surface area contributed by atoms with E-state index in [1.54, 1.807) is 16.4 Å². The van der Waals surface area contributed by atoms with E-state index in [2.05, 4.69) is 34.2 Å². The van der Waals surface area contributed by atoms with Crippen LogP contribution in [0.1, 0.15) is 44.1 Å². The van der Waals surface area contributed by atoms with E-state index < -0.39 is 10.0 Å². The highest BCUT2D eigenvalue weighted by Crippen LogP contribution is 2.25. The van der Waals surface area contributed by atoms with Gasteiger partial charge in [0, 0.05) is 24.8 Å². The molecule has 0 spiro atoms. The van der Waals surface area contributed by atoms with Crippen LogP contribution >= 0.6 is 11.8 Å². The Morgan fingerprint density at radius 3 is 2.42 bits per heavy atom. The summed E-state index contributed by atoms with van der Waals surface area (Å²) in [6, 6.07) is 11.5. The second kappa shape index (κ2) is 9.93. The fourth-order valence-corrected chi connectivity index (χ4v) is 5.63. The molecule has 164 valence electrons. The summed E-state index contributed by atoms with van der Waals surface area (Å²) in [7, 11) is -3.48. The van der Waals surface area contributed by atoms with Gasteiger partial charge in [-0.25, -0.2) is 13.4 Å². The minimum absolute atomic E-state index is 0.245. The van der Waals surface area contributed by atoms with Crippen molar-refractivity contribution in [1.29, 1.82) is 0 Å². The number of rotatable bonds is 7. The molecule has 31 heavy (non-hydrogen) atoms. The van der Waals surface area contributed by atoms with Crippen molar-refractivity contribution in [2.24, 2.45) is 0 Å². The Morgan fingerprint density at radius 2 is 1.77 bits per heavy atom. The minimum Gasteiger partial charge on any atom is -0.338 e. The molecule has 0 saturated carbocycles. The maximum Gasteiger partial charge on any atom is 0.244 e. The standard InChI is InChI=1S/C22H26N4O3S2/c1-2-17-7-9-18(10-8-17)22-24-20(29-25-22)16-30-21-12-11-19(15-23-21)31(27,28)26-13-5-3-4-6-14-26/h7-12,15H,2-6,13-14,16H2,1H3. The van der Waals surface area contributed by atoms with Gasteiger partial charge in [-0.2, -0.15) is 9.29 Å². The van der Waals surface area contributed by atoms with Crippen LogP contribution in [0.2, 0.25) is 0 Å². The largest absolute Gasteiger partial charge is 0.338 e. The first kappa shape index (κ1) is 22.0. The molecular formula is C22H26N4O3S2. The zero-order valence-electron chi connectivity index (χ0n) is 17.5. The zero-order valence-corrected chi connectivity index (χ0v) is 19.2. The van der Waals surface area contributed by atoms with Crippen molar-refractivity contribution in [2.45, 2.75) is 54.7 Å². The molecule has 1 saturated heterocycles. The predicted octanol–water partition coefficient (Wildman–Crippen LogP) is 4.55. The van der Waals surface area contributed by atoms with Crippen molar-refractivity contribution < 1.29 is 12.9 Å². The number of hydrogen-bond acceptors (Lipinski definition) is 7. The van der Waals surface area contributed by atoms with Crippen LogP contribution in [0.25, 0.3) is 11.4 Å². The summed E-state index contributed by atoms with van der Waals surface area (Å²) in [5.41, 5.74) is 2.17. The Morgan fingerprint density at radius 1 is 1.03 bits per heavy atom. The Kier molecular flexibility index (Phi) is 7.04. The summed E-state index contributed by atoms with van der Waals surface area (Å²) < 4.78 is 32.6. The number of nitrogens with zero attached hydrogens (tertiary/aromatic N) is 4. The van der Waals surface area contributed by atoms with Gasteiger partial charge in [0.1, 0.15) is 4.90 Å². The molecule has 3 heterocycles. The van der Waals surface area contributed by atoms with Crippen molar-refractivity contribution in [2.75, 3.05) is 13.1 Å². The molecule has 1 aromatic carbocycles. The highest BCUT2D eigenvalue weighted by molar-refractivity contribution is 7.98. The van der Waals surface area contributed by atoms with E-state index in [4.69, 9.17) is 4.52 Å². The molecule has 0 N–H and O–H groups in total. The lowest BCUT2D eigenvalue weighted by Gasteiger charge is -2.19. The highest BCUT2D eigenvalue weighted by Gasteiger charge is 2.25. The molecular weight excluding hydrogens is 432 g/mol. The van der Waals surface area contributed by atoms with Crippen LogP contribution in [0.5, 0.6) is 0 Å². The van der Waals surface area contributed by atoms with Crippen molar-refractivity contribution in [3.63, 3.8) is 0 Å². The van der Waals surface area contributed by atoms with Crippen LogP contribution in [0.3, 0.4) is 0 Å². The van der Waals surface area contributed by atoms with Gasteiger partial charge in [0.05, 0.1) is 10.8 Å². The van der Waals surface area contributed by atoms with Gasteiger partial charge in [-0.15, -0.1) is 0 Å². The van der Waals surface area contributed by atoms with E-state index >= 15 is 0 Å². The van der Waals surface area contributed by atoms with E-state index in [1.807, 2.05) is 12.1 Å². The SMILES string of the molecule is CCc1ccc(-c2noc(CSc3ccc(S(=O)(=O)N4CCCCCC4)cn3)n2)cc1. The van der Waals surface area contributed by atoms with Gasteiger partial charge in [-0.1, -0.05) is 60.9 Å². The first-order chi connectivity index (χ1) is 15.1. The number of thioether (sulfide) groups is 1. The molecule has 4 rings (SSSR count). The van der Waals surface area contributed by atoms with Crippen LogP contribution in [0, 0.1) is 0 Å². The Hall–Kier alpha value is -2.23. The van der Waals surface area contributed by atoms with E-state index in [0.29, 0.717) is 35.6 Å². The van der Waals surface area contributed by atoms with Crippen LogP contribution in [-0.2, 0) is 22.2 Å². The fourth-order valence-electron chi connectivity index (χ4n) is 3.49. The molecule has 9 heteroatoms. The Bertz CT molecular complexity index is 1090. The van der Waals surface area contributed by atoms with Crippen molar-refractivity contribution in [3.05, 3.63) is 54.0 Å².